The quantitative estimate of drug-likeness (QED) is 0.839. The minimum Gasteiger partial charge on any atom is -0.350 e. The van der Waals surface area contributed by atoms with E-state index in [-0.39, 0.29) is 5.91 Å². The Morgan fingerprint density at radius 3 is 2.83 bits per heavy atom. The average molecular weight is 358 g/mol. The zero-order valence-electron chi connectivity index (χ0n) is 10.7. The molecule has 1 N–H and O–H groups in total. The fourth-order valence-electron chi connectivity index (χ4n) is 2.28. The van der Waals surface area contributed by atoms with E-state index in [4.69, 9.17) is 0 Å². The maximum atomic E-state index is 12.0. The van der Waals surface area contributed by atoms with Gasteiger partial charge in [-0.05, 0) is 73.6 Å². The third kappa shape index (κ3) is 3.68. The molecule has 1 aliphatic rings. The van der Waals surface area contributed by atoms with E-state index in [1.807, 2.05) is 24.3 Å². The van der Waals surface area contributed by atoms with E-state index < -0.39 is 0 Å². The zero-order chi connectivity index (χ0) is 13.0. The molecule has 0 aliphatic carbocycles. The number of hydrogen-bond acceptors (Lipinski definition) is 2. The third-order valence-corrected chi connectivity index (χ3v) is 4.08. The smallest absolute Gasteiger partial charge is 0.251 e. The first-order valence-electron chi connectivity index (χ1n) is 6.44. The molecule has 1 heterocycles. The second-order valence-electron chi connectivity index (χ2n) is 4.81. The van der Waals surface area contributed by atoms with Gasteiger partial charge >= 0.3 is 0 Å². The largest absolute Gasteiger partial charge is 0.350 e. The maximum absolute atomic E-state index is 12.0. The lowest BCUT2D eigenvalue weighted by Gasteiger charge is -2.23. The predicted molar refractivity (Wildman–Crippen MR) is 81.8 cm³/mol. The second kappa shape index (κ2) is 6.52. The molecule has 4 heteroatoms. The highest BCUT2D eigenvalue weighted by molar-refractivity contribution is 14.1. The lowest BCUT2D eigenvalue weighted by atomic mass is 10.2. The Kier molecular flexibility index (Phi) is 5.00. The average Bonchev–Trinajstić information content (AvgIpc) is 2.89. The Balaban J connectivity index is 1.84. The highest BCUT2D eigenvalue weighted by Gasteiger charge is 2.18. The third-order valence-electron chi connectivity index (χ3n) is 3.41. The molecule has 1 unspecified atom stereocenters. The number of carbonyl (C=O) groups is 1. The summed E-state index contributed by atoms with van der Waals surface area (Å²) in [4.78, 5) is 14.4. The summed E-state index contributed by atoms with van der Waals surface area (Å²) in [7, 11) is 0. The van der Waals surface area contributed by atoms with Crippen LogP contribution in [-0.4, -0.2) is 36.5 Å². The van der Waals surface area contributed by atoms with Gasteiger partial charge in [-0.1, -0.05) is 6.07 Å². The highest BCUT2D eigenvalue weighted by Crippen LogP contribution is 2.11. The van der Waals surface area contributed by atoms with Crippen molar-refractivity contribution in [2.24, 2.45) is 0 Å². The normalized spacial score (nSPS) is 17.7. The number of nitrogens with zero attached hydrogens (tertiary/aromatic N) is 1. The molecule has 1 atom stereocenters. The molecule has 3 nitrogen and oxygen atoms in total. The number of carbonyl (C=O) groups excluding carboxylic acids is 1. The number of benzene rings is 1. The van der Waals surface area contributed by atoms with Gasteiger partial charge in [0.05, 0.1) is 0 Å². The molecule has 1 amide bonds. The van der Waals surface area contributed by atoms with Gasteiger partial charge in [-0.2, -0.15) is 0 Å². The molecule has 1 fully saturated rings. The van der Waals surface area contributed by atoms with Crippen LogP contribution in [0.3, 0.4) is 0 Å². The summed E-state index contributed by atoms with van der Waals surface area (Å²) in [6.45, 7) is 5.24. The van der Waals surface area contributed by atoms with Crippen LogP contribution in [0.25, 0.3) is 0 Å². The molecule has 1 aromatic carbocycles. The fourth-order valence-corrected chi connectivity index (χ4v) is 2.83. The summed E-state index contributed by atoms with van der Waals surface area (Å²) in [5, 5.41) is 3.02. The zero-order valence-corrected chi connectivity index (χ0v) is 12.8. The Morgan fingerprint density at radius 2 is 2.17 bits per heavy atom. The van der Waals surface area contributed by atoms with E-state index in [1.54, 1.807) is 0 Å². The molecule has 1 aliphatic heterocycles. The number of nitrogens with one attached hydrogen (secondary N) is 1. The SMILES string of the molecule is CC(CNC(=O)c1cccc(I)c1)N1CCCC1. The van der Waals surface area contributed by atoms with E-state index in [1.165, 1.54) is 25.9 Å². The molecule has 0 spiro atoms. The molecule has 0 saturated carbocycles. The standard InChI is InChI=1S/C14H19IN2O/c1-11(17-7-2-3-8-17)10-16-14(18)12-5-4-6-13(15)9-12/h4-6,9,11H,2-3,7-8,10H2,1H3,(H,16,18). The van der Waals surface area contributed by atoms with Crippen molar-refractivity contribution in [3.05, 3.63) is 33.4 Å². The van der Waals surface area contributed by atoms with Crippen LogP contribution < -0.4 is 5.32 Å². The van der Waals surface area contributed by atoms with Gasteiger partial charge in [0.1, 0.15) is 0 Å². The molecule has 18 heavy (non-hydrogen) atoms. The van der Waals surface area contributed by atoms with E-state index >= 15 is 0 Å². The van der Waals surface area contributed by atoms with Crippen LogP contribution in [-0.2, 0) is 0 Å². The van der Waals surface area contributed by atoms with Gasteiger partial charge in [-0.3, -0.25) is 9.69 Å². The maximum Gasteiger partial charge on any atom is 0.251 e. The Labute approximate surface area is 122 Å². The van der Waals surface area contributed by atoms with Gasteiger partial charge in [0.25, 0.3) is 5.91 Å². The van der Waals surface area contributed by atoms with Crippen LogP contribution in [0.4, 0.5) is 0 Å². The predicted octanol–water partition coefficient (Wildman–Crippen LogP) is 2.51. The lowest BCUT2D eigenvalue weighted by molar-refractivity contribution is 0.0940. The summed E-state index contributed by atoms with van der Waals surface area (Å²) in [5.41, 5.74) is 0.746. The monoisotopic (exact) mass is 358 g/mol. The van der Waals surface area contributed by atoms with E-state index in [0.29, 0.717) is 6.04 Å². The molecule has 1 aromatic rings. The number of halogens is 1. The molecule has 1 saturated heterocycles. The van der Waals surface area contributed by atoms with Gasteiger partial charge < -0.3 is 5.32 Å². The van der Waals surface area contributed by atoms with Gasteiger partial charge in [0.15, 0.2) is 0 Å². The first kappa shape index (κ1) is 13.8. The van der Waals surface area contributed by atoms with Gasteiger partial charge in [0.2, 0.25) is 0 Å². The van der Waals surface area contributed by atoms with Crippen molar-refractivity contribution in [2.45, 2.75) is 25.8 Å². The first-order chi connectivity index (χ1) is 8.66. The van der Waals surface area contributed by atoms with Crippen LogP contribution in [0.1, 0.15) is 30.1 Å². The summed E-state index contributed by atoms with van der Waals surface area (Å²) >= 11 is 2.22. The molecule has 2 rings (SSSR count). The van der Waals surface area contributed by atoms with Crippen molar-refractivity contribution in [3.63, 3.8) is 0 Å². The van der Waals surface area contributed by atoms with Crippen molar-refractivity contribution in [1.82, 2.24) is 10.2 Å². The molecule has 0 bridgehead atoms. The van der Waals surface area contributed by atoms with Crippen LogP contribution in [0.15, 0.2) is 24.3 Å². The van der Waals surface area contributed by atoms with Crippen LogP contribution in [0, 0.1) is 3.57 Å². The molecule has 98 valence electrons. The fraction of sp³-hybridized carbons (Fsp3) is 0.500. The second-order valence-corrected chi connectivity index (χ2v) is 6.06. The molecular weight excluding hydrogens is 339 g/mol. The lowest BCUT2D eigenvalue weighted by Crippen LogP contribution is -2.40. The number of amides is 1. The van der Waals surface area contributed by atoms with Crippen molar-refractivity contribution >= 4 is 28.5 Å². The molecule has 0 radical (unpaired) electrons. The van der Waals surface area contributed by atoms with Gasteiger partial charge in [0, 0.05) is 21.7 Å². The van der Waals surface area contributed by atoms with Crippen LogP contribution in [0.5, 0.6) is 0 Å². The summed E-state index contributed by atoms with van der Waals surface area (Å²) < 4.78 is 1.09. The van der Waals surface area contributed by atoms with E-state index in [9.17, 15) is 4.79 Å². The first-order valence-corrected chi connectivity index (χ1v) is 7.52. The van der Waals surface area contributed by atoms with Crippen molar-refractivity contribution in [1.29, 1.82) is 0 Å². The minimum atomic E-state index is 0.0274. The van der Waals surface area contributed by atoms with Gasteiger partial charge in [-0.15, -0.1) is 0 Å². The van der Waals surface area contributed by atoms with Crippen molar-refractivity contribution in [3.8, 4) is 0 Å². The van der Waals surface area contributed by atoms with E-state index in [2.05, 4.69) is 39.7 Å². The highest BCUT2D eigenvalue weighted by atomic mass is 127. The van der Waals surface area contributed by atoms with Crippen molar-refractivity contribution < 1.29 is 4.79 Å². The Morgan fingerprint density at radius 1 is 1.44 bits per heavy atom. The van der Waals surface area contributed by atoms with Crippen LogP contribution >= 0.6 is 22.6 Å². The topological polar surface area (TPSA) is 32.3 Å². The summed E-state index contributed by atoms with van der Waals surface area (Å²) in [6.07, 6.45) is 2.57. The van der Waals surface area contributed by atoms with Crippen LogP contribution in [0.2, 0.25) is 0 Å². The Hall–Kier alpha value is -0.620. The number of likely N-dealkylation sites (tertiary alicyclic amines) is 1. The molecular formula is C14H19IN2O. The van der Waals surface area contributed by atoms with Gasteiger partial charge in [-0.25, -0.2) is 0 Å². The Bertz CT molecular complexity index is 416. The summed E-state index contributed by atoms with van der Waals surface area (Å²) in [6, 6.07) is 8.11. The minimum absolute atomic E-state index is 0.0274. The molecule has 0 aromatic heterocycles. The number of hydrogen-bond donors (Lipinski definition) is 1. The van der Waals surface area contributed by atoms with Crippen molar-refractivity contribution in [2.75, 3.05) is 19.6 Å². The van der Waals surface area contributed by atoms with E-state index in [0.717, 1.165) is 15.7 Å². The number of rotatable bonds is 4. The summed E-state index contributed by atoms with van der Waals surface area (Å²) in [5.74, 6) is 0.0274.